The van der Waals surface area contributed by atoms with E-state index in [0.717, 1.165) is 37.5 Å². The van der Waals surface area contributed by atoms with E-state index >= 15 is 0 Å². The Hall–Kier alpha value is -3.09. The molecule has 1 aromatic carbocycles. The minimum atomic E-state index is 0.269. The third-order valence-electron chi connectivity index (χ3n) is 4.86. The van der Waals surface area contributed by atoms with Gasteiger partial charge in [0, 0.05) is 31.5 Å². The van der Waals surface area contributed by atoms with Crippen molar-refractivity contribution in [2.45, 2.75) is 18.8 Å². The van der Waals surface area contributed by atoms with Gasteiger partial charge in [-0.1, -0.05) is 12.1 Å². The second-order valence-electron chi connectivity index (χ2n) is 6.43. The van der Waals surface area contributed by atoms with Crippen LogP contribution in [0.3, 0.4) is 0 Å². The fourth-order valence-corrected chi connectivity index (χ4v) is 3.44. The minimum Gasteiger partial charge on any atom is -0.497 e. The van der Waals surface area contributed by atoms with Crippen molar-refractivity contribution >= 4 is 11.8 Å². The Kier molecular flexibility index (Phi) is 4.43. The average Bonchev–Trinajstić information content (AvgIpc) is 3.23. The van der Waals surface area contributed by atoms with E-state index in [4.69, 9.17) is 10.5 Å². The van der Waals surface area contributed by atoms with Crippen molar-refractivity contribution in [2.24, 2.45) is 0 Å². The number of aromatic nitrogens is 4. The van der Waals surface area contributed by atoms with Gasteiger partial charge >= 0.3 is 0 Å². The maximum Gasteiger partial charge on any atom is 0.224 e. The Morgan fingerprint density at radius 3 is 2.46 bits per heavy atom. The molecule has 1 aliphatic heterocycles. The minimum absolute atomic E-state index is 0.269. The zero-order chi connectivity index (χ0) is 17.9. The standard InChI is InChI=1S/C19H22N6O/c1-26-16-5-3-14(4-6-16)15-7-11-24(12-8-15)17-13-18(23-19(20)22-17)25-10-2-9-21-25/h2-6,9-10,13,15H,7-8,11-12H2,1H3,(H2,20,22,23). The first-order valence-corrected chi connectivity index (χ1v) is 8.76. The number of nitrogens with zero attached hydrogens (tertiary/aromatic N) is 5. The summed E-state index contributed by atoms with van der Waals surface area (Å²) in [6.07, 6.45) is 5.72. The molecule has 0 saturated carbocycles. The van der Waals surface area contributed by atoms with Gasteiger partial charge in [-0.05, 0) is 42.5 Å². The Morgan fingerprint density at radius 2 is 1.81 bits per heavy atom. The zero-order valence-corrected chi connectivity index (χ0v) is 14.7. The predicted octanol–water partition coefficient (Wildman–Crippen LogP) is 2.64. The number of hydrogen-bond donors (Lipinski definition) is 1. The summed E-state index contributed by atoms with van der Waals surface area (Å²) in [5.41, 5.74) is 7.28. The van der Waals surface area contributed by atoms with Crippen molar-refractivity contribution in [2.75, 3.05) is 30.8 Å². The summed E-state index contributed by atoms with van der Waals surface area (Å²) in [7, 11) is 1.69. The van der Waals surface area contributed by atoms with Crippen LogP contribution in [0.2, 0.25) is 0 Å². The van der Waals surface area contributed by atoms with E-state index in [9.17, 15) is 0 Å². The van der Waals surface area contributed by atoms with Crippen molar-refractivity contribution in [3.05, 3.63) is 54.4 Å². The predicted molar refractivity (Wildman–Crippen MR) is 101 cm³/mol. The van der Waals surface area contributed by atoms with Crippen LogP contribution in [0.1, 0.15) is 24.3 Å². The summed E-state index contributed by atoms with van der Waals surface area (Å²) in [5.74, 6) is 3.27. The molecule has 2 N–H and O–H groups in total. The van der Waals surface area contributed by atoms with E-state index in [-0.39, 0.29) is 5.95 Å². The van der Waals surface area contributed by atoms with Crippen LogP contribution in [0, 0.1) is 0 Å². The van der Waals surface area contributed by atoms with E-state index in [1.807, 2.05) is 30.5 Å². The summed E-state index contributed by atoms with van der Waals surface area (Å²) in [6, 6.07) is 12.2. The average molecular weight is 350 g/mol. The maximum absolute atomic E-state index is 5.92. The van der Waals surface area contributed by atoms with Crippen LogP contribution in [0.25, 0.3) is 5.82 Å². The summed E-state index contributed by atoms with van der Waals surface area (Å²) >= 11 is 0. The first-order chi connectivity index (χ1) is 12.7. The van der Waals surface area contributed by atoms with E-state index in [0.29, 0.717) is 11.7 Å². The number of methoxy groups -OCH3 is 1. The van der Waals surface area contributed by atoms with Crippen LogP contribution in [-0.2, 0) is 0 Å². The molecule has 1 fully saturated rings. The molecule has 0 atom stereocenters. The molecule has 0 spiro atoms. The summed E-state index contributed by atoms with van der Waals surface area (Å²) in [6.45, 7) is 1.87. The zero-order valence-electron chi connectivity index (χ0n) is 14.7. The monoisotopic (exact) mass is 350 g/mol. The quantitative estimate of drug-likeness (QED) is 0.779. The number of nitrogens with two attached hydrogens (primary N) is 1. The molecule has 134 valence electrons. The van der Waals surface area contributed by atoms with Crippen LogP contribution in [-0.4, -0.2) is 39.9 Å². The van der Waals surface area contributed by atoms with E-state index in [2.05, 4.69) is 32.1 Å². The number of anilines is 2. The van der Waals surface area contributed by atoms with Gasteiger partial charge in [0.1, 0.15) is 11.6 Å². The van der Waals surface area contributed by atoms with Gasteiger partial charge in [0.25, 0.3) is 0 Å². The molecular formula is C19H22N6O. The second kappa shape index (κ2) is 7.03. The van der Waals surface area contributed by atoms with Crippen LogP contribution in [0.5, 0.6) is 5.75 Å². The van der Waals surface area contributed by atoms with Crippen molar-refractivity contribution in [1.82, 2.24) is 19.7 Å². The number of hydrogen-bond acceptors (Lipinski definition) is 6. The van der Waals surface area contributed by atoms with Gasteiger partial charge in [0.15, 0.2) is 5.82 Å². The highest BCUT2D eigenvalue weighted by Gasteiger charge is 2.22. The molecule has 0 aliphatic carbocycles. The molecule has 2 aromatic heterocycles. The lowest BCUT2D eigenvalue weighted by Gasteiger charge is -2.33. The van der Waals surface area contributed by atoms with E-state index in [1.54, 1.807) is 18.0 Å². The molecule has 0 bridgehead atoms. The normalized spacial score (nSPS) is 15.2. The summed E-state index contributed by atoms with van der Waals surface area (Å²) < 4.78 is 6.94. The molecule has 1 saturated heterocycles. The van der Waals surface area contributed by atoms with Crippen LogP contribution in [0.4, 0.5) is 11.8 Å². The highest BCUT2D eigenvalue weighted by molar-refractivity contribution is 5.48. The van der Waals surface area contributed by atoms with Crippen molar-refractivity contribution in [3.63, 3.8) is 0 Å². The van der Waals surface area contributed by atoms with E-state index in [1.165, 1.54) is 5.56 Å². The fourth-order valence-electron chi connectivity index (χ4n) is 3.44. The lowest BCUT2D eigenvalue weighted by molar-refractivity contribution is 0.414. The Morgan fingerprint density at radius 1 is 1.08 bits per heavy atom. The summed E-state index contributed by atoms with van der Waals surface area (Å²) in [4.78, 5) is 11.0. The molecule has 7 heteroatoms. The number of ether oxygens (including phenoxy) is 1. The topological polar surface area (TPSA) is 82.1 Å². The first-order valence-electron chi connectivity index (χ1n) is 8.76. The molecule has 26 heavy (non-hydrogen) atoms. The van der Waals surface area contributed by atoms with Gasteiger partial charge in [-0.25, -0.2) is 4.68 Å². The van der Waals surface area contributed by atoms with Gasteiger partial charge in [-0.3, -0.25) is 0 Å². The largest absolute Gasteiger partial charge is 0.497 e. The van der Waals surface area contributed by atoms with Crippen molar-refractivity contribution in [1.29, 1.82) is 0 Å². The highest BCUT2D eigenvalue weighted by atomic mass is 16.5. The molecule has 7 nitrogen and oxygen atoms in total. The van der Waals surface area contributed by atoms with Gasteiger partial charge in [0.05, 0.1) is 7.11 Å². The van der Waals surface area contributed by atoms with Crippen LogP contribution < -0.4 is 15.4 Å². The molecule has 3 aromatic rings. The Bertz CT molecular complexity index is 854. The van der Waals surface area contributed by atoms with Crippen LogP contribution in [0.15, 0.2) is 48.8 Å². The first kappa shape index (κ1) is 16.4. The smallest absolute Gasteiger partial charge is 0.224 e. The number of rotatable bonds is 4. The van der Waals surface area contributed by atoms with Gasteiger partial charge in [0.2, 0.25) is 5.95 Å². The highest BCUT2D eigenvalue weighted by Crippen LogP contribution is 2.31. The van der Waals surface area contributed by atoms with Crippen molar-refractivity contribution in [3.8, 4) is 11.6 Å². The molecule has 4 rings (SSSR count). The Balaban J connectivity index is 1.47. The molecule has 3 heterocycles. The molecule has 0 radical (unpaired) electrons. The number of nitrogen functional groups attached to an aromatic ring is 1. The van der Waals surface area contributed by atoms with E-state index < -0.39 is 0 Å². The molecule has 0 amide bonds. The SMILES string of the molecule is COc1ccc(C2CCN(c3cc(-n4cccn4)nc(N)n3)CC2)cc1. The lowest BCUT2D eigenvalue weighted by Crippen LogP contribution is -2.33. The maximum atomic E-state index is 5.92. The summed E-state index contributed by atoms with van der Waals surface area (Å²) in [5, 5.41) is 4.22. The third-order valence-corrected chi connectivity index (χ3v) is 4.86. The molecule has 1 aliphatic rings. The molecule has 0 unspecified atom stereocenters. The Labute approximate surface area is 152 Å². The van der Waals surface area contributed by atoms with Crippen LogP contribution >= 0.6 is 0 Å². The van der Waals surface area contributed by atoms with Gasteiger partial charge in [-0.2, -0.15) is 15.1 Å². The number of piperidine rings is 1. The van der Waals surface area contributed by atoms with Gasteiger partial charge in [-0.15, -0.1) is 0 Å². The van der Waals surface area contributed by atoms with Crippen molar-refractivity contribution < 1.29 is 4.74 Å². The lowest BCUT2D eigenvalue weighted by atomic mass is 9.89. The fraction of sp³-hybridized carbons (Fsp3) is 0.316. The molecular weight excluding hydrogens is 328 g/mol. The number of benzene rings is 1. The van der Waals surface area contributed by atoms with Gasteiger partial charge < -0.3 is 15.4 Å². The second-order valence-corrected chi connectivity index (χ2v) is 6.43. The third kappa shape index (κ3) is 3.33.